The summed E-state index contributed by atoms with van der Waals surface area (Å²) < 4.78 is 28.0. The number of benzene rings is 1. The lowest BCUT2D eigenvalue weighted by Crippen LogP contribution is -2.38. The summed E-state index contributed by atoms with van der Waals surface area (Å²) in [6.45, 7) is -0.853. The zero-order chi connectivity index (χ0) is 13.3. The van der Waals surface area contributed by atoms with Crippen molar-refractivity contribution in [2.75, 3.05) is 26.7 Å². The first-order chi connectivity index (χ1) is 8.38. The minimum absolute atomic E-state index is 0.0678. The van der Waals surface area contributed by atoms with Gasteiger partial charge in [0, 0.05) is 19.0 Å². The van der Waals surface area contributed by atoms with Crippen LogP contribution in [0.15, 0.2) is 24.3 Å². The molecule has 1 aliphatic heterocycles. The molecule has 1 N–H and O–H groups in total. The number of halogens is 1. The third kappa shape index (κ3) is 2.42. The van der Waals surface area contributed by atoms with Gasteiger partial charge in [-0.15, -0.1) is 0 Å². The molecule has 0 amide bonds. The Balaban J connectivity index is 2.26. The second-order valence-electron chi connectivity index (χ2n) is 4.44. The molecule has 1 saturated heterocycles. The fourth-order valence-electron chi connectivity index (χ4n) is 2.35. The van der Waals surface area contributed by atoms with Gasteiger partial charge in [0.05, 0.1) is 2.74 Å². The molecule has 0 bridgehead atoms. The fourth-order valence-corrected chi connectivity index (χ4v) is 2.35. The summed E-state index contributed by atoms with van der Waals surface area (Å²) in [5.41, 5.74) is 0.896. The van der Waals surface area contributed by atoms with Gasteiger partial charge in [0.15, 0.2) is 0 Å². The van der Waals surface area contributed by atoms with E-state index >= 15 is 0 Å². The number of hydrogen-bond donors (Lipinski definition) is 1. The van der Waals surface area contributed by atoms with Crippen LogP contribution >= 0.6 is 0 Å². The van der Waals surface area contributed by atoms with E-state index in [1.54, 1.807) is 12.1 Å². The van der Waals surface area contributed by atoms with Gasteiger partial charge in [-0.3, -0.25) is 0 Å². The monoisotopic (exact) mass is 225 g/mol. The van der Waals surface area contributed by atoms with Gasteiger partial charge in [0.25, 0.3) is 0 Å². The molecule has 1 heterocycles. The van der Waals surface area contributed by atoms with Gasteiger partial charge in [-0.25, -0.2) is 4.39 Å². The van der Waals surface area contributed by atoms with Crippen LogP contribution in [0.5, 0.6) is 0 Å². The van der Waals surface area contributed by atoms with Crippen molar-refractivity contribution >= 4 is 0 Å². The Morgan fingerprint density at radius 1 is 1.50 bits per heavy atom. The fraction of sp³-hybridized carbons (Fsp3) is 0.538. The van der Waals surface area contributed by atoms with Crippen LogP contribution in [0.2, 0.25) is 0 Å². The molecule has 0 saturated carbocycles. The van der Waals surface area contributed by atoms with Crippen molar-refractivity contribution in [3.63, 3.8) is 0 Å². The standard InChI is InChI=1S/C13H18FNO/c1-15-7-6-13(11(8-15)9-16)10-2-4-12(14)5-3-10/h2-5,11,13,16H,6-9H2,1H3/t11-,13-/m0/s1/i9D2. The highest BCUT2D eigenvalue weighted by atomic mass is 19.1. The molecule has 1 aliphatic rings. The topological polar surface area (TPSA) is 23.5 Å². The van der Waals surface area contributed by atoms with Crippen LogP contribution in [0, 0.1) is 11.7 Å². The molecular weight excluding hydrogens is 205 g/mol. The summed E-state index contributed by atoms with van der Waals surface area (Å²) in [7, 11) is 1.92. The average Bonchev–Trinajstić information content (AvgIpc) is 2.29. The lowest BCUT2D eigenvalue weighted by molar-refractivity contribution is 0.118. The smallest absolute Gasteiger partial charge is 0.123 e. The summed E-state index contributed by atoms with van der Waals surface area (Å²) in [4.78, 5) is 2.01. The molecule has 16 heavy (non-hydrogen) atoms. The first-order valence-electron chi connectivity index (χ1n) is 6.54. The lowest BCUT2D eigenvalue weighted by Gasteiger charge is -2.36. The molecule has 0 radical (unpaired) electrons. The lowest BCUT2D eigenvalue weighted by atomic mass is 9.81. The Kier molecular flexibility index (Phi) is 2.82. The van der Waals surface area contributed by atoms with E-state index in [1.807, 2.05) is 11.9 Å². The molecule has 0 spiro atoms. The molecular formula is C13H18FNO. The predicted molar refractivity (Wildman–Crippen MR) is 61.8 cm³/mol. The number of nitrogens with zero attached hydrogens (tertiary/aromatic N) is 1. The summed E-state index contributed by atoms with van der Waals surface area (Å²) in [6, 6.07) is 6.14. The quantitative estimate of drug-likeness (QED) is 0.830. The van der Waals surface area contributed by atoms with E-state index in [1.165, 1.54) is 12.1 Å². The maximum absolute atomic E-state index is 12.9. The van der Waals surface area contributed by atoms with E-state index in [-0.39, 0.29) is 11.7 Å². The summed E-state index contributed by atoms with van der Waals surface area (Å²) in [5, 5.41) is 9.68. The van der Waals surface area contributed by atoms with Crippen molar-refractivity contribution in [1.82, 2.24) is 4.90 Å². The van der Waals surface area contributed by atoms with Gasteiger partial charge in [0.1, 0.15) is 5.82 Å². The van der Waals surface area contributed by atoms with Crippen molar-refractivity contribution in [2.45, 2.75) is 12.3 Å². The van der Waals surface area contributed by atoms with Crippen molar-refractivity contribution in [2.24, 2.45) is 5.92 Å². The Bertz CT molecular complexity index is 404. The number of likely N-dealkylation sites (tertiary alicyclic amines) is 1. The summed E-state index contributed by atoms with van der Waals surface area (Å²) in [5.74, 6) is -0.848. The second kappa shape index (κ2) is 4.93. The van der Waals surface area contributed by atoms with Crippen LogP contribution in [0.3, 0.4) is 0 Å². The Labute approximate surface area is 98.5 Å². The first kappa shape index (κ1) is 9.14. The van der Waals surface area contributed by atoms with Crippen LogP contribution in [0.25, 0.3) is 0 Å². The van der Waals surface area contributed by atoms with Crippen molar-refractivity contribution in [3.05, 3.63) is 35.6 Å². The van der Waals surface area contributed by atoms with Crippen LogP contribution in [0.1, 0.15) is 20.6 Å². The van der Waals surface area contributed by atoms with Crippen LogP contribution in [0.4, 0.5) is 4.39 Å². The van der Waals surface area contributed by atoms with E-state index < -0.39 is 12.5 Å². The Morgan fingerprint density at radius 3 is 2.81 bits per heavy atom. The van der Waals surface area contributed by atoms with E-state index in [2.05, 4.69) is 0 Å². The molecule has 1 aromatic rings. The number of rotatable bonds is 2. The van der Waals surface area contributed by atoms with Crippen molar-refractivity contribution < 1.29 is 12.2 Å². The highest BCUT2D eigenvalue weighted by molar-refractivity contribution is 5.22. The maximum atomic E-state index is 12.9. The van der Waals surface area contributed by atoms with Gasteiger partial charge in [-0.05, 0) is 43.6 Å². The Morgan fingerprint density at radius 2 is 2.19 bits per heavy atom. The second-order valence-corrected chi connectivity index (χ2v) is 4.44. The van der Waals surface area contributed by atoms with Crippen LogP contribution < -0.4 is 0 Å². The molecule has 2 atom stereocenters. The van der Waals surface area contributed by atoms with Gasteiger partial charge in [-0.1, -0.05) is 12.1 Å². The number of piperidine rings is 1. The average molecular weight is 225 g/mol. The molecule has 0 aromatic heterocycles. The third-order valence-corrected chi connectivity index (χ3v) is 3.28. The highest BCUT2D eigenvalue weighted by Gasteiger charge is 2.28. The van der Waals surface area contributed by atoms with Crippen molar-refractivity contribution in [1.29, 1.82) is 0 Å². The van der Waals surface area contributed by atoms with Gasteiger partial charge in [-0.2, -0.15) is 0 Å². The van der Waals surface area contributed by atoms with E-state index in [4.69, 9.17) is 2.74 Å². The zero-order valence-electron chi connectivity index (χ0n) is 11.4. The summed E-state index contributed by atoms with van der Waals surface area (Å²) in [6.07, 6.45) is 0.771. The van der Waals surface area contributed by atoms with Gasteiger partial charge in [0.2, 0.25) is 0 Å². The third-order valence-electron chi connectivity index (χ3n) is 3.28. The SMILES string of the molecule is [2H]C([2H])(O)[C@@H]1CN(C)CC[C@H]1c1ccc(F)cc1. The normalized spacial score (nSPS) is 29.7. The largest absolute Gasteiger partial charge is 0.396 e. The van der Waals surface area contributed by atoms with Crippen molar-refractivity contribution in [3.8, 4) is 0 Å². The molecule has 0 unspecified atom stereocenters. The molecule has 88 valence electrons. The van der Waals surface area contributed by atoms with E-state index in [9.17, 15) is 9.50 Å². The maximum Gasteiger partial charge on any atom is 0.123 e. The van der Waals surface area contributed by atoms with Crippen LogP contribution in [-0.4, -0.2) is 36.7 Å². The number of aliphatic hydroxyl groups is 1. The molecule has 3 heteroatoms. The molecule has 1 fully saturated rings. The summed E-state index contributed by atoms with van der Waals surface area (Å²) >= 11 is 0. The zero-order valence-corrected chi connectivity index (χ0v) is 9.36. The van der Waals surface area contributed by atoms with Gasteiger partial charge < -0.3 is 10.0 Å². The highest BCUT2D eigenvalue weighted by Crippen LogP contribution is 2.32. The minimum atomic E-state index is -2.21. The minimum Gasteiger partial charge on any atom is -0.396 e. The Hall–Kier alpha value is -0.930. The molecule has 2 nitrogen and oxygen atoms in total. The number of hydrogen-bond acceptors (Lipinski definition) is 2. The molecule has 2 rings (SSSR count). The first-order valence-corrected chi connectivity index (χ1v) is 5.54. The van der Waals surface area contributed by atoms with Crippen LogP contribution in [-0.2, 0) is 0 Å². The molecule has 1 aromatic carbocycles. The molecule has 0 aliphatic carbocycles. The van der Waals surface area contributed by atoms with Gasteiger partial charge >= 0.3 is 0 Å². The van der Waals surface area contributed by atoms with E-state index in [0.717, 1.165) is 18.5 Å². The van der Waals surface area contributed by atoms with E-state index in [0.29, 0.717) is 6.54 Å². The predicted octanol–water partition coefficient (Wildman–Crippen LogP) is 1.85.